The number of rotatable bonds is 6. The molecule has 2 heterocycles. The number of aromatic nitrogens is 3. The van der Waals surface area contributed by atoms with Gasteiger partial charge in [-0.05, 0) is 47.5 Å². The van der Waals surface area contributed by atoms with Crippen molar-refractivity contribution in [3.05, 3.63) is 82.5 Å². The van der Waals surface area contributed by atoms with E-state index in [9.17, 15) is 23.1 Å². The van der Waals surface area contributed by atoms with Crippen LogP contribution in [0.5, 0.6) is 0 Å². The first-order valence-corrected chi connectivity index (χ1v) is 10.5. The van der Waals surface area contributed by atoms with Crippen LogP contribution in [-0.2, 0) is 0 Å². The topological polar surface area (TPSA) is 106 Å². The van der Waals surface area contributed by atoms with Gasteiger partial charge in [0.15, 0.2) is 5.65 Å². The second-order valence-corrected chi connectivity index (χ2v) is 8.28. The maximum absolute atomic E-state index is 15.4. The van der Waals surface area contributed by atoms with Gasteiger partial charge in [-0.15, -0.1) is 5.10 Å². The SMILES string of the molecule is [B]C([B])(NC(=O)c1c(Cl)ccc(-c2ccn3nc(N)nc3c2)c1F)C(F)(F)C(O)c1ccc(F)cc1. The number of hydrogen-bond donors (Lipinski definition) is 3. The molecule has 14 heteroatoms. The molecule has 0 saturated heterocycles. The molecule has 2 aromatic heterocycles. The monoisotopic (exact) mass is 513 g/mol. The first-order valence-electron chi connectivity index (χ1n) is 10.1. The fraction of sp³-hybridized carbons (Fsp3) is 0.136. The summed E-state index contributed by atoms with van der Waals surface area (Å²) in [6, 6.07) is 8.81. The van der Waals surface area contributed by atoms with Crippen LogP contribution >= 0.6 is 11.6 Å². The van der Waals surface area contributed by atoms with Crippen LogP contribution in [-0.4, -0.2) is 52.6 Å². The zero-order chi connectivity index (χ0) is 26.4. The number of nitrogen functional groups attached to an aromatic ring is 1. The number of halogens is 5. The number of fused-ring (bicyclic) bond motifs is 1. The van der Waals surface area contributed by atoms with E-state index in [1.165, 1.54) is 35.0 Å². The van der Waals surface area contributed by atoms with Crippen LogP contribution in [0.3, 0.4) is 0 Å². The predicted molar refractivity (Wildman–Crippen MR) is 126 cm³/mol. The van der Waals surface area contributed by atoms with Crippen molar-refractivity contribution in [3.8, 4) is 11.1 Å². The van der Waals surface area contributed by atoms with Crippen LogP contribution in [0.1, 0.15) is 22.0 Å². The number of carbonyl (C=O) groups excluding carboxylic acids is 1. The lowest BCUT2D eigenvalue weighted by atomic mass is 9.56. The number of hydrogen-bond acceptors (Lipinski definition) is 5. The normalized spacial score (nSPS) is 13.1. The predicted octanol–water partition coefficient (Wildman–Crippen LogP) is 3.00. The van der Waals surface area contributed by atoms with E-state index < -0.39 is 51.1 Å². The Kier molecular flexibility index (Phi) is 6.48. The second-order valence-electron chi connectivity index (χ2n) is 7.87. The first kappa shape index (κ1) is 25.5. The summed E-state index contributed by atoms with van der Waals surface area (Å²) in [6.07, 6.45) is -1.19. The van der Waals surface area contributed by atoms with Gasteiger partial charge in [-0.2, -0.15) is 4.98 Å². The summed E-state index contributed by atoms with van der Waals surface area (Å²) in [7, 11) is 11.0. The van der Waals surface area contributed by atoms with Gasteiger partial charge >= 0.3 is 0 Å². The number of nitrogens with two attached hydrogens (primary N) is 1. The molecule has 4 N–H and O–H groups in total. The van der Waals surface area contributed by atoms with Crippen LogP contribution < -0.4 is 11.1 Å². The van der Waals surface area contributed by atoms with E-state index in [-0.39, 0.29) is 22.7 Å². The van der Waals surface area contributed by atoms with E-state index >= 15 is 4.39 Å². The number of aliphatic hydroxyl groups is 1. The zero-order valence-corrected chi connectivity index (χ0v) is 18.8. The molecule has 2 aromatic carbocycles. The lowest BCUT2D eigenvalue weighted by Gasteiger charge is -2.39. The Morgan fingerprint density at radius 2 is 1.81 bits per heavy atom. The highest BCUT2D eigenvalue weighted by atomic mass is 35.5. The fourth-order valence-corrected chi connectivity index (χ4v) is 3.70. The molecule has 0 fully saturated rings. The Balaban J connectivity index is 1.66. The quantitative estimate of drug-likeness (QED) is 0.272. The zero-order valence-electron chi connectivity index (χ0n) is 18.1. The Morgan fingerprint density at radius 1 is 1.14 bits per heavy atom. The minimum absolute atomic E-state index is 0.0187. The Bertz CT molecular complexity index is 1470. The Morgan fingerprint density at radius 3 is 2.47 bits per heavy atom. The highest BCUT2D eigenvalue weighted by Gasteiger charge is 2.52. The average Bonchev–Trinajstić information content (AvgIpc) is 3.18. The summed E-state index contributed by atoms with van der Waals surface area (Å²) >= 11 is 6.00. The third kappa shape index (κ3) is 4.51. The molecule has 0 aliphatic carbocycles. The van der Waals surface area contributed by atoms with Gasteiger partial charge in [0.1, 0.15) is 17.7 Å². The largest absolute Gasteiger partial charge is 0.382 e. The maximum atomic E-state index is 15.4. The summed E-state index contributed by atoms with van der Waals surface area (Å²) in [4.78, 5) is 16.8. The molecule has 0 aliphatic heterocycles. The van der Waals surface area contributed by atoms with Crippen LogP contribution in [0, 0.1) is 11.6 Å². The Labute approximate surface area is 209 Å². The highest BCUT2D eigenvalue weighted by Crippen LogP contribution is 2.38. The van der Waals surface area contributed by atoms with Gasteiger partial charge in [0.05, 0.1) is 26.3 Å². The molecule has 4 rings (SSSR count). The van der Waals surface area contributed by atoms with Crippen molar-refractivity contribution in [3.63, 3.8) is 0 Å². The van der Waals surface area contributed by atoms with E-state index in [0.717, 1.165) is 24.3 Å². The number of aliphatic hydroxyl groups excluding tert-OH is 1. The minimum Gasteiger partial charge on any atom is -0.382 e. The molecule has 4 radical (unpaired) electrons. The number of carbonyl (C=O) groups is 1. The number of benzene rings is 2. The summed E-state index contributed by atoms with van der Waals surface area (Å²) in [5, 5.41) is 11.9. The maximum Gasteiger partial charge on any atom is 0.283 e. The van der Waals surface area contributed by atoms with Crippen molar-refractivity contribution in [2.75, 3.05) is 5.73 Å². The first-order chi connectivity index (χ1) is 16.8. The van der Waals surface area contributed by atoms with Crippen LogP contribution in [0.4, 0.5) is 23.5 Å². The molecular weight excluding hydrogens is 499 g/mol. The van der Waals surface area contributed by atoms with E-state index in [0.29, 0.717) is 0 Å². The van der Waals surface area contributed by atoms with Crippen molar-refractivity contribution in [1.29, 1.82) is 0 Å². The fourth-order valence-electron chi connectivity index (χ4n) is 3.46. The van der Waals surface area contributed by atoms with Gasteiger partial charge in [-0.3, -0.25) is 4.79 Å². The number of anilines is 1. The summed E-state index contributed by atoms with van der Waals surface area (Å²) in [6.45, 7) is 0. The third-order valence-electron chi connectivity index (χ3n) is 5.38. The molecule has 0 bridgehead atoms. The van der Waals surface area contributed by atoms with Crippen LogP contribution in [0.2, 0.25) is 5.02 Å². The third-order valence-corrected chi connectivity index (χ3v) is 5.70. The molecule has 1 atom stereocenters. The van der Waals surface area contributed by atoms with Crippen molar-refractivity contribution in [2.45, 2.75) is 17.4 Å². The molecule has 36 heavy (non-hydrogen) atoms. The summed E-state index contributed by atoms with van der Waals surface area (Å²) in [5.41, 5.74) is 4.72. The number of nitrogens with one attached hydrogen (secondary N) is 1. The van der Waals surface area contributed by atoms with Gasteiger partial charge in [0.2, 0.25) is 5.95 Å². The van der Waals surface area contributed by atoms with Crippen LogP contribution in [0.15, 0.2) is 54.7 Å². The molecule has 1 amide bonds. The lowest BCUT2D eigenvalue weighted by Crippen LogP contribution is -2.64. The van der Waals surface area contributed by atoms with Gasteiger partial charge in [-0.25, -0.2) is 22.1 Å². The standard InChI is InChI=1S/C22H14B2ClF4N5O2/c23-22(24,21(28,29)18(35)10-1-3-12(26)4-2-10)32-19(36)16-14(25)6-5-13(17(16)27)11-7-8-34-15(9-11)31-20(30)33-34/h1-9,18,35H,(H2,30,33)(H,32,36). The summed E-state index contributed by atoms with van der Waals surface area (Å²) < 4.78 is 59.9. The number of pyridine rings is 1. The highest BCUT2D eigenvalue weighted by molar-refractivity contribution is 6.42. The number of alkyl halides is 2. The minimum atomic E-state index is -4.39. The second kappa shape index (κ2) is 9.14. The molecule has 0 saturated carbocycles. The molecular formula is C22H14B2ClF4N5O2. The van der Waals surface area contributed by atoms with Gasteiger partial charge in [-0.1, -0.05) is 23.7 Å². The van der Waals surface area contributed by atoms with E-state index in [1.807, 2.05) is 0 Å². The molecule has 4 aromatic rings. The van der Waals surface area contributed by atoms with Gasteiger partial charge in [0, 0.05) is 17.1 Å². The van der Waals surface area contributed by atoms with Crippen LogP contribution in [0.25, 0.3) is 16.8 Å². The molecule has 7 nitrogen and oxygen atoms in total. The average molecular weight is 513 g/mol. The lowest BCUT2D eigenvalue weighted by molar-refractivity contribution is -0.126. The van der Waals surface area contributed by atoms with Crippen molar-refractivity contribution in [2.24, 2.45) is 0 Å². The molecule has 1 unspecified atom stereocenters. The molecule has 180 valence electrons. The van der Waals surface area contributed by atoms with E-state index in [4.69, 9.17) is 33.0 Å². The summed E-state index contributed by atoms with van der Waals surface area (Å²) in [5.74, 6) is -7.77. The Hall–Kier alpha value is -3.57. The van der Waals surface area contributed by atoms with E-state index in [1.54, 1.807) is 5.32 Å². The van der Waals surface area contributed by atoms with Crippen molar-refractivity contribution >= 4 is 44.8 Å². The number of nitrogens with zero attached hydrogens (tertiary/aromatic N) is 3. The molecule has 0 aliphatic rings. The smallest absolute Gasteiger partial charge is 0.283 e. The van der Waals surface area contributed by atoms with Crippen molar-refractivity contribution in [1.82, 2.24) is 19.9 Å². The molecule has 0 spiro atoms. The van der Waals surface area contributed by atoms with Gasteiger partial charge in [0.25, 0.3) is 11.8 Å². The van der Waals surface area contributed by atoms with Gasteiger partial charge < -0.3 is 16.2 Å². The van der Waals surface area contributed by atoms with Crippen molar-refractivity contribution < 1.29 is 27.5 Å². The van der Waals surface area contributed by atoms with E-state index in [2.05, 4.69) is 10.1 Å². The number of amides is 1.